The van der Waals surface area contributed by atoms with E-state index in [4.69, 9.17) is 19.6 Å². The van der Waals surface area contributed by atoms with Crippen molar-refractivity contribution in [2.75, 3.05) is 0 Å². The second-order valence-corrected chi connectivity index (χ2v) is 5.70. The van der Waals surface area contributed by atoms with Crippen LogP contribution in [0.25, 0.3) is 0 Å². The maximum absolute atomic E-state index is 10.3. The van der Waals surface area contributed by atoms with E-state index in [0.29, 0.717) is 6.08 Å². The van der Waals surface area contributed by atoms with Crippen molar-refractivity contribution in [2.24, 2.45) is 0 Å². The van der Waals surface area contributed by atoms with Crippen molar-refractivity contribution in [1.29, 1.82) is 0 Å². The van der Waals surface area contributed by atoms with Gasteiger partial charge >= 0.3 is 15.2 Å². The quantitative estimate of drug-likeness (QED) is 0.373. The molecule has 0 aliphatic carbocycles. The molecule has 0 bridgehead atoms. The fourth-order valence-electron chi connectivity index (χ4n) is 0.471. The number of hydrogen-bond donors (Lipinski definition) is 4. The van der Waals surface area contributed by atoms with Gasteiger partial charge in [0.25, 0.3) is 0 Å². The van der Waals surface area contributed by atoms with Crippen LogP contribution in [0.5, 0.6) is 0 Å². The Morgan fingerprint density at radius 1 is 1.09 bits per heavy atom. The van der Waals surface area contributed by atoms with Crippen LogP contribution in [-0.4, -0.2) is 25.0 Å². The van der Waals surface area contributed by atoms with Gasteiger partial charge in [0.15, 0.2) is 5.40 Å². The first kappa shape index (κ1) is 11.0. The Hall–Kier alpha value is 0.0400. The summed E-state index contributed by atoms with van der Waals surface area (Å²) < 4.78 is 20.7. The van der Waals surface area contributed by atoms with Gasteiger partial charge in [0.1, 0.15) is 0 Å². The van der Waals surface area contributed by atoms with Crippen LogP contribution >= 0.6 is 15.2 Å². The first-order chi connectivity index (χ1) is 4.69. The minimum absolute atomic E-state index is 0.557. The minimum atomic E-state index is -4.78. The molecule has 0 unspecified atom stereocenters. The van der Waals surface area contributed by atoms with Gasteiger partial charge in [-0.25, -0.2) is 0 Å². The molecular formula is C3H8O6P2. The van der Waals surface area contributed by atoms with Crippen molar-refractivity contribution >= 4 is 15.2 Å². The second-order valence-electron chi connectivity index (χ2n) is 1.83. The zero-order valence-corrected chi connectivity index (χ0v) is 7.15. The molecule has 0 rings (SSSR count). The highest BCUT2D eigenvalue weighted by molar-refractivity contribution is 7.71. The third-order valence-electron chi connectivity index (χ3n) is 0.900. The average molecular weight is 202 g/mol. The van der Waals surface area contributed by atoms with E-state index < -0.39 is 20.6 Å². The molecule has 4 N–H and O–H groups in total. The van der Waals surface area contributed by atoms with Gasteiger partial charge in [-0.3, -0.25) is 9.13 Å². The molecule has 0 fully saturated rings. The highest BCUT2D eigenvalue weighted by Gasteiger charge is 2.40. The third-order valence-corrected chi connectivity index (χ3v) is 4.51. The van der Waals surface area contributed by atoms with Crippen LogP contribution in [-0.2, 0) is 9.13 Å². The lowest BCUT2D eigenvalue weighted by Gasteiger charge is -2.14. The van der Waals surface area contributed by atoms with Crippen LogP contribution in [0.4, 0.5) is 0 Å². The van der Waals surface area contributed by atoms with E-state index in [2.05, 4.69) is 6.58 Å². The summed E-state index contributed by atoms with van der Waals surface area (Å²) in [7, 11) is -9.56. The topological polar surface area (TPSA) is 115 Å². The lowest BCUT2D eigenvalue weighted by Crippen LogP contribution is -2.04. The lowest BCUT2D eigenvalue weighted by atomic mass is 10.8. The fourth-order valence-corrected chi connectivity index (χ4v) is 2.59. The summed E-state index contributed by atoms with van der Waals surface area (Å²) in [5.41, 5.74) is 0. The second kappa shape index (κ2) is 3.19. The summed E-state index contributed by atoms with van der Waals surface area (Å²) in [6, 6.07) is 0. The van der Waals surface area contributed by atoms with Gasteiger partial charge in [-0.1, -0.05) is 6.08 Å². The summed E-state index contributed by atoms with van der Waals surface area (Å²) in [4.78, 5) is 33.4. The molecule has 0 saturated carbocycles. The molecule has 11 heavy (non-hydrogen) atoms. The van der Waals surface area contributed by atoms with Crippen LogP contribution in [0.1, 0.15) is 0 Å². The summed E-state index contributed by atoms with van der Waals surface area (Å²) in [5, 5.41) is -2.09. The summed E-state index contributed by atoms with van der Waals surface area (Å²) in [5.74, 6) is 0. The van der Waals surface area contributed by atoms with Crippen LogP contribution in [0, 0.1) is 0 Å². The highest BCUT2D eigenvalue weighted by atomic mass is 31.2. The van der Waals surface area contributed by atoms with Crippen molar-refractivity contribution in [2.45, 2.75) is 5.40 Å². The monoisotopic (exact) mass is 202 g/mol. The molecule has 0 atom stereocenters. The van der Waals surface area contributed by atoms with Crippen molar-refractivity contribution in [3.05, 3.63) is 12.7 Å². The van der Waals surface area contributed by atoms with E-state index in [0.717, 1.165) is 0 Å². The molecule has 0 aromatic rings. The third kappa shape index (κ3) is 3.29. The highest BCUT2D eigenvalue weighted by Crippen LogP contribution is 2.60. The molecule has 0 aromatic heterocycles. The minimum Gasteiger partial charge on any atom is -0.324 e. The molecule has 0 aliphatic rings. The predicted octanol–water partition coefficient (Wildman–Crippen LogP) is -0.146. The Bertz CT molecular complexity index is 212. The van der Waals surface area contributed by atoms with Gasteiger partial charge in [0.2, 0.25) is 0 Å². The molecule has 0 radical (unpaired) electrons. The Labute approximate surface area is 62.9 Å². The lowest BCUT2D eigenvalue weighted by molar-refractivity contribution is 0.347. The number of allylic oxidation sites excluding steroid dienone is 1. The van der Waals surface area contributed by atoms with Crippen LogP contribution < -0.4 is 0 Å². The Kier molecular flexibility index (Phi) is 3.20. The standard InChI is InChI=1S/C3H8O6P2/c1-2-3(10(4,5)6)11(7,8)9/h2-3H,1H2,(H2,4,5,6)(H2,7,8,9). The van der Waals surface area contributed by atoms with E-state index >= 15 is 0 Å². The zero-order valence-electron chi connectivity index (χ0n) is 5.36. The van der Waals surface area contributed by atoms with E-state index in [1.165, 1.54) is 0 Å². The van der Waals surface area contributed by atoms with E-state index in [9.17, 15) is 9.13 Å². The first-order valence-corrected chi connectivity index (χ1v) is 5.79. The van der Waals surface area contributed by atoms with Crippen molar-refractivity contribution in [1.82, 2.24) is 0 Å². The van der Waals surface area contributed by atoms with Gasteiger partial charge < -0.3 is 19.6 Å². The molecule has 0 aromatic carbocycles. The fraction of sp³-hybridized carbons (Fsp3) is 0.333. The van der Waals surface area contributed by atoms with E-state index in [1.807, 2.05) is 0 Å². The molecular weight excluding hydrogens is 194 g/mol. The summed E-state index contributed by atoms with van der Waals surface area (Å²) in [6.07, 6.45) is 0.557. The maximum Gasteiger partial charge on any atom is 0.344 e. The van der Waals surface area contributed by atoms with Crippen molar-refractivity contribution in [3.8, 4) is 0 Å². The van der Waals surface area contributed by atoms with E-state index in [1.54, 1.807) is 0 Å². The zero-order chi connectivity index (χ0) is 9.28. The molecule has 8 heteroatoms. The summed E-state index contributed by atoms with van der Waals surface area (Å²) >= 11 is 0. The molecule has 66 valence electrons. The first-order valence-electron chi connectivity index (χ1n) is 2.42. The van der Waals surface area contributed by atoms with Gasteiger partial charge in [0.05, 0.1) is 0 Å². The number of hydrogen-bond acceptors (Lipinski definition) is 2. The van der Waals surface area contributed by atoms with Crippen molar-refractivity contribution < 1.29 is 28.7 Å². The predicted molar refractivity (Wildman–Crippen MR) is 38.1 cm³/mol. The average Bonchev–Trinajstić information content (AvgIpc) is 1.56. The Balaban J connectivity index is 4.87. The molecule has 0 saturated heterocycles. The Morgan fingerprint density at radius 2 is 1.36 bits per heavy atom. The SMILES string of the molecule is C=CC(P(=O)(O)O)P(=O)(O)O. The largest absolute Gasteiger partial charge is 0.344 e. The van der Waals surface area contributed by atoms with Crippen molar-refractivity contribution in [3.63, 3.8) is 0 Å². The molecule has 0 aliphatic heterocycles. The smallest absolute Gasteiger partial charge is 0.324 e. The van der Waals surface area contributed by atoms with Crippen LogP contribution in [0.2, 0.25) is 0 Å². The van der Waals surface area contributed by atoms with Gasteiger partial charge in [-0.05, 0) is 0 Å². The van der Waals surface area contributed by atoms with Crippen LogP contribution in [0.3, 0.4) is 0 Å². The number of rotatable bonds is 3. The van der Waals surface area contributed by atoms with Crippen LogP contribution in [0.15, 0.2) is 12.7 Å². The Morgan fingerprint density at radius 3 is 1.36 bits per heavy atom. The molecule has 0 heterocycles. The normalized spacial score (nSPS) is 13.5. The van der Waals surface area contributed by atoms with E-state index in [-0.39, 0.29) is 0 Å². The molecule has 0 amide bonds. The van der Waals surface area contributed by atoms with Gasteiger partial charge in [-0.2, -0.15) is 0 Å². The summed E-state index contributed by atoms with van der Waals surface area (Å²) in [6.45, 7) is 2.91. The molecule has 6 nitrogen and oxygen atoms in total. The van der Waals surface area contributed by atoms with Gasteiger partial charge in [-0.15, -0.1) is 6.58 Å². The van der Waals surface area contributed by atoms with Gasteiger partial charge in [0, 0.05) is 0 Å². The maximum atomic E-state index is 10.3. The molecule has 0 spiro atoms.